The Hall–Kier alpha value is -3.17. The molecule has 9 heteroatoms. The zero-order chi connectivity index (χ0) is 22.2. The van der Waals surface area contributed by atoms with Gasteiger partial charge in [-0.1, -0.05) is 0 Å². The average Bonchev–Trinajstić information content (AvgIpc) is 3.24. The molecule has 0 bridgehead atoms. The first-order chi connectivity index (χ1) is 16.2. The number of halogens is 1. The molecule has 0 atom stereocenters. The summed E-state index contributed by atoms with van der Waals surface area (Å²) in [6.45, 7) is 3.77. The van der Waals surface area contributed by atoms with Gasteiger partial charge >= 0.3 is 0 Å². The molecule has 1 saturated heterocycles. The van der Waals surface area contributed by atoms with E-state index >= 15 is 0 Å². The number of rotatable bonds is 4. The Labute approximate surface area is 190 Å². The van der Waals surface area contributed by atoms with Gasteiger partial charge in [0.1, 0.15) is 29.1 Å². The third-order valence-electron chi connectivity index (χ3n) is 6.83. The van der Waals surface area contributed by atoms with Crippen molar-refractivity contribution in [3.8, 4) is 11.3 Å². The number of aromatic amines is 1. The average molecular weight is 448 g/mol. The lowest BCUT2D eigenvalue weighted by molar-refractivity contribution is 0.00791. The number of pyridine rings is 2. The maximum absolute atomic E-state index is 13.7. The quantitative estimate of drug-likeness (QED) is 0.492. The second-order valence-electron chi connectivity index (χ2n) is 8.85. The van der Waals surface area contributed by atoms with Crippen LogP contribution < -0.4 is 5.32 Å². The van der Waals surface area contributed by atoms with Gasteiger partial charge in [-0.2, -0.15) is 0 Å². The second-order valence-corrected chi connectivity index (χ2v) is 8.85. The maximum Gasteiger partial charge on any atom is 0.145 e. The standard InChI is InChI=1S/C24H26FN7O/c25-16-11-15(12-26-13-16)19-5-6-20-22(30-19)21-23(27-14-28-24(21)31-20)29-17-1-3-18(4-2-17)32-7-9-33-10-8-32/h5-6,11-14,17-18H,1-4,7-10H2,(H2,27,28,29,31)/t17-,18-. The molecule has 0 unspecified atom stereocenters. The summed E-state index contributed by atoms with van der Waals surface area (Å²) in [7, 11) is 0. The number of nitrogens with zero attached hydrogens (tertiary/aromatic N) is 5. The van der Waals surface area contributed by atoms with Crippen LogP contribution in [0.25, 0.3) is 33.3 Å². The van der Waals surface area contributed by atoms with Gasteiger partial charge in [0.25, 0.3) is 0 Å². The molecule has 2 aliphatic rings. The largest absolute Gasteiger partial charge is 0.379 e. The number of hydrogen-bond donors (Lipinski definition) is 2. The minimum atomic E-state index is -0.383. The van der Waals surface area contributed by atoms with Crippen molar-refractivity contribution in [2.24, 2.45) is 0 Å². The SMILES string of the molecule is Fc1cncc(-c2ccc3[nH]c4ncnc(N[C@H]5CC[C@H](N6CCOCC6)CC5)c4c3n2)c1. The summed E-state index contributed by atoms with van der Waals surface area (Å²) in [4.78, 5) is 23.7. The molecule has 4 aromatic rings. The number of ether oxygens (including phenoxy) is 1. The summed E-state index contributed by atoms with van der Waals surface area (Å²) in [6.07, 6.45) is 8.94. The van der Waals surface area contributed by atoms with Crippen molar-refractivity contribution < 1.29 is 9.13 Å². The molecule has 4 aromatic heterocycles. The Morgan fingerprint density at radius 3 is 2.73 bits per heavy atom. The van der Waals surface area contributed by atoms with Gasteiger partial charge in [0.15, 0.2) is 0 Å². The fourth-order valence-corrected chi connectivity index (χ4v) is 5.13. The molecule has 0 amide bonds. The van der Waals surface area contributed by atoms with Crippen LogP contribution in [-0.4, -0.2) is 68.2 Å². The molecule has 1 aliphatic carbocycles. The zero-order valence-electron chi connectivity index (χ0n) is 18.3. The number of fused-ring (bicyclic) bond motifs is 3. The Balaban J connectivity index is 1.27. The maximum atomic E-state index is 13.7. The third kappa shape index (κ3) is 4.02. The predicted molar refractivity (Wildman–Crippen MR) is 124 cm³/mol. The molecule has 1 aliphatic heterocycles. The molecule has 2 N–H and O–H groups in total. The monoisotopic (exact) mass is 447 g/mol. The number of aromatic nitrogens is 5. The fraction of sp³-hybridized carbons (Fsp3) is 0.417. The van der Waals surface area contributed by atoms with Gasteiger partial charge in [-0.25, -0.2) is 19.3 Å². The summed E-state index contributed by atoms with van der Waals surface area (Å²) in [5.74, 6) is 0.412. The van der Waals surface area contributed by atoms with Crippen molar-refractivity contribution in [3.63, 3.8) is 0 Å². The van der Waals surface area contributed by atoms with Crippen LogP contribution in [0.3, 0.4) is 0 Å². The minimum absolute atomic E-state index is 0.362. The van der Waals surface area contributed by atoms with Crippen LogP contribution in [-0.2, 0) is 4.74 Å². The van der Waals surface area contributed by atoms with E-state index in [9.17, 15) is 4.39 Å². The van der Waals surface area contributed by atoms with Crippen LogP contribution in [0.1, 0.15) is 25.7 Å². The predicted octanol–water partition coefficient (Wildman–Crippen LogP) is 3.76. The molecule has 6 rings (SSSR count). The van der Waals surface area contributed by atoms with Crippen molar-refractivity contribution in [3.05, 3.63) is 42.7 Å². The highest BCUT2D eigenvalue weighted by Gasteiger charge is 2.27. The van der Waals surface area contributed by atoms with E-state index in [-0.39, 0.29) is 5.82 Å². The van der Waals surface area contributed by atoms with E-state index in [0.717, 1.165) is 67.0 Å². The molecule has 0 aromatic carbocycles. The van der Waals surface area contributed by atoms with Gasteiger partial charge in [0.2, 0.25) is 0 Å². The zero-order valence-corrected chi connectivity index (χ0v) is 18.3. The van der Waals surface area contributed by atoms with Gasteiger partial charge < -0.3 is 15.0 Å². The first-order valence-corrected chi connectivity index (χ1v) is 11.6. The molecule has 0 radical (unpaired) electrons. The molecular weight excluding hydrogens is 421 g/mol. The molecule has 2 fully saturated rings. The van der Waals surface area contributed by atoms with Crippen molar-refractivity contribution >= 4 is 27.9 Å². The van der Waals surface area contributed by atoms with Crippen LogP contribution in [0.5, 0.6) is 0 Å². The molecule has 170 valence electrons. The topological polar surface area (TPSA) is 91.8 Å². The van der Waals surface area contributed by atoms with Crippen molar-refractivity contribution in [1.82, 2.24) is 29.8 Å². The first-order valence-electron chi connectivity index (χ1n) is 11.6. The van der Waals surface area contributed by atoms with E-state index in [1.54, 1.807) is 12.5 Å². The highest BCUT2D eigenvalue weighted by atomic mass is 19.1. The third-order valence-corrected chi connectivity index (χ3v) is 6.83. The number of H-pyrrole nitrogens is 1. The highest BCUT2D eigenvalue weighted by molar-refractivity contribution is 6.09. The van der Waals surface area contributed by atoms with Gasteiger partial charge in [-0.15, -0.1) is 0 Å². The number of nitrogens with one attached hydrogen (secondary N) is 2. The molecule has 1 saturated carbocycles. The molecule has 5 heterocycles. The van der Waals surface area contributed by atoms with Crippen LogP contribution in [0.2, 0.25) is 0 Å². The molecule has 8 nitrogen and oxygen atoms in total. The fourth-order valence-electron chi connectivity index (χ4n) is 5.13. The number of anilines is 1. The van der Waals surface area contributed by atoms with Gasteiger partial charge in [0, 0.05) is 36.9 Å². The van der Waals surface area contributed by atoms with Crippen LogP contribution in [0.15, 0.2) is 36.9 Å². The van der Waals surface area contributed by atoms with Gasteiger partial charge in [0.05, 0.1) is 36.0 Å². The number of hydrogen-bond acceptors (Lipinski definition) is 7. The Morgan fingerprint density at radius 2 is 1.91 bits per heavy atom. The van der Waals surface area contributed by atoms with E-state index in [1.165, 1.54) is 25.1 Å². The number of morpholine rings is 1. The van der Waals surface area contributed by atoms with Crippen LogP contribution in [0, 0.1) is 5.82 Å². The van der Waals surface area contributed by atoms with E-state index in [2.05, 4.69) is 30.2 Å². The Bertz CT molecular complexity index is 1280. The normalized spacial score (nSPS) is 22.1. The lowest BCUT2D eigenvalue weighted by atomic mass is 9.90. The van der Waals surface area contributed by atoms with Crippen LogP contribution in [0.4, 0.5) is 10.2 Å². The summed E-state index contributed by atoms with van der Waals surface area (Å²) in [6, 6.07) is 6.26. The van der Waals surface area contributed by atoms with Crippen molar-refractivity contribution in [2.45, 2.75) is 37.8 Å². The van der Waals surface area contributed by atoms with Crippen molar-refractivity contribution in [1.29, 1.82) is 0 Å². The molecular formula is C24H26FN7O. The Morgan fingerprint density at radius 1 is 1.06 bits per heavy atom. The molecule has 0 spiro atoms. The van der Waals surface area contributed by atoms with Crippen molar-refractivity contribution in [2.75, 3.05) is 31.6 Å². The lowest BCUT2D eigenvalue weighted by Gasteiger charge is -2.39. The summed E-state index contributed by atoms with van der Waals surface area (Å²) < 4.78 is 19.2. The lowest BCUT2D eigenvalue weighted by Crippen LogP contribution is -2.46. The summed E-state index contributed by atoms with van der Waals surface area (Å²) >= 11 is 0. The first kappa shape index (κ1) is 20.4. The highest BCUT2D eigenvalue weighted by Crippen LogP contribution is 2.32. The van der Waals surface area contributed by atoms with Gasteiger partial charge in [-0.05, 0) is 43.9 Å². The smallest absolute Gasteiger partial charge is 0.145 e. The van der Waals surface area contributed by atoms with Gasteiger partial charge in [-0.3, -0.25) is 9.88 Å². The van der Waals surface area contributed by atoms with Crippen LogP contribution >= 0.6 is 0 Å². The van der Waals surface area contributed by atoms with E-state index in [4.69, 9.17) is 9.72 Å². The van der Waals surface area contributed by atoms with E-state index in [1.807, 2.05) is 12.1 Å². The minimum Gasteiger partial charge on any atom is -0.379 e. The second kappa shape index (κ2) is 8.64. The summed E-state index contributed by atoms with van der Waals surface area (Å²) in [5.41, 5.74) is 3.69. The Kier molecular flexibility index (Phi) is 5.35. The summed E-state index contributed by atoms with van der Waals surface area (Å²) in [5, 5.41) is 4.54. The molecule has 33 heavy (non-hydrogen) atoms. The van der Waals surface area contributed by atoms with E-state index < -0.39 is 0 Å². The van der Waals surface area contributed by atoms with E-state index in [0.29, 0.717) is 23.3 Å².